The maximum absolute atomic E-state index is 12.9. The van der Waals surface area contributed by atoms with Gasteiger partial charge >= 0.3 is 0 Å². The smallest absolute Gasteiger partial charge is 0.274 e. The second-order valence-electron chi connectivity index (χ2n) is 8.12. The molecule has 3 rings (SSSR count). The molecule has 0 fully saturated rings. The summed E-state index contributed by atoms with van der Waals surface area (Å²) in [5, 5.41) is 6.99. The number of hydrogen-bond acceptors (Lipinski definition) is 4. The minimum absolute atomic E-state index is 0.149. The van der Waals surface area contributed by atoms with E-state index in [1.54, 1.807) is 6.92 Å². The van der Waals surface area contributed by atoms with E-state index in [1.165, 1.54) is 11.1 Å². The minimum atomic E-state index is -0.272. The molecule has 0 radical (unpaired) electrons. The minimum Gasteiger partial charge on any atom is -0.489 e. The summed E-state index contributed by atoms with van der Waals surface area (Å²) in [5.41, 5.74) is 5.61. The van der Waals surface area contributed by atoms with E-state index in [9.17, 15) is 4.79 Å². The molecular formula is C25H30N2O3. The van der Waals surface area contributed by atoms with Crippen LogP contribution >= 0.6 is 0 Å². The topological polar surface area (TPSA) is 64.4 Å². The van der Waals surface area contributed by atoms with Gasteiger partial charge in [-0.2, -0.15) is 0 Å². The summed E-state index contributed by atoms with van der Waals surface area (Å²) < 4.78 is 11.2. The van der Waals surface area contributed by atoms with Gasteiger partial charge in [0.1, 0.15) is 18.1 Å². The number of benzene rings is 2. The Morgan fingerprint density at radius 1 is 1.00 bits per heavy atom. The molecule has 0 saturated heterocycles. The van der Waals surface area contributed by atoms with Crippen molar-refractivity contribution in [3.63, 3.8) is 0 Å². The second kappa shape index (κ2) is 9.16. The molecule has 3 aromatic rings. The SMILES string of the molecule is Cc1ccc(OCc2c(C(=O)NC(C)c3ccc(C(C)C)cc3)noc2C)cc1C. The highest BCUT2D eigenvalue weighted by atomic mass is 16.5. The van der Waals surface area contributed by atoms with Crippen molar-refractivity contribution < 1.29 is 14.1 Å². The van der Waals surface area contributed by atoms with Crippen molar-refractivity contribution in [1.29, 1.82) is 0 Å². The number of rotatable bonds is 7. The molecule has 1 unspecified atom stereocenters. The summed E-state index contributed by atoms with van der Waals surface area (Å²) in [6, 6.07) is 14.1. The highest BCUT2D eigenvalue weighted by Gasteiger charge is 2.22. The first-order valence-corrected chi connectivity index (χ1v) is 10.3. The van der Waals surface area contributed by atoms with Crippen LogP contribution in [0.2, 0.25) is 0 Å². The van der Waals surface area contributed by atoms with E-state index >= 15 is 0 Å². The van der Waals surface area contributed by atoms with Crippen LogP contribution in [0.3, 0.4) is 0 Å². The Labute approximate surface area is 178 Å². The molecule has 0 aliphatic heterocycles. The van der Waals surface area contributed by atoms with Crippen molar-refractivity contribution in [2.75, 3.05) is 0 Å². The van der Waals surface area contributed by atoms with Gasteiger partial charge in [0.15, 0.2) is 5.69 Å². The third-order valence-corrected chi connectivity index (χ3v) is 5.51. The zero-order chi connectivity index (χ0) is 21.8. The van der Waals surface area contributed by atoms with E-state index in [0.717, 1.165) is 16.9 Å². The predicted molar refractivity (Wildman–Crippen MR) is 118 cm³/mol. The number of amides is 1. The number of hydrogen-bond donors (Lipinski definition) is 1. The van der Waals surface area contributed by atoms with Crippen LogP contribution in [0.15, 0.2) is 47.0 Å². The zero-order valence-electron chi connectivity index (χ0n) is 18.6. The summed E-state index contributed by atoms with van der Waals surface area (Å²) in [5.74, 6) is 1.54. The quantitative estimate of drug-likeness (QED) is 0.539. The number of carbonyl (C=O) groups excluding carboxylic acids is 1. The predicted octanol–water partition coefficient (Wildman–Crippen LogP) is 5.79. The average molecular weight is 407 g/mol. The summed E-state index contributed by atoms with van der Waals surface area (Å²) in [6.45, 7) is 12.4. The third-order valence-electron chi connectivity index (χ3n) is 5.51. The monoisotopic (exact) mass is 406 g/mol. The van der Waals surface area contributed by atoms with Gasteiger partial charge in [0.2, 0.25) is 0 Å². The van der Waals surface area contributed by atoms with Crippen molar-refractivity contribution in [3.05, 3.63) is 81.7 Å². The van der Waals surface area contributed by atoms with Crippen molar-refractivity contribution in [3.8, 4) is 5.75 Å². The Morgan fingerprint density at radius 2 is 1.67 bits per heavy atom. The maximum Gasteiger partial charge on any atom is 0.274 e. The highest BCUT2D eigenvalue weighted by molar-refractivity contribution is 5.94. The van der Waals surface area contributed by atoms with E-state index in [0.29, 0.717) is 17.2 Å². The molecule has 0 saturated carbocycles. The number of aromatic nitrogens is 1. The Morgan fingerprint density at radius 3 is 2.30 bits per heavy atom. The zero-order valence-corrected chi connectivity index (χ0v) is 18.6. The van der Waals surface area contributed by atoms with Gasteiger partial charge < -0.3 is 14.6 Å². The molecule has 5 heteroatoms. The third kappa shape index (κ3) is 4.90. The first kappa shape index (κ1) is 21.6. The standard InChI is InChI=1S/C25H30N2O3/c1-15(2)20-8-10-21(11-9-20)18(5)26-25(28)24-23(19(6)30-27-24)14-29-22-12-7-16(3)17(4)13-22/h7-13,15,18H,14H2,1-6H3,(H,26,28). The normalized spacial score (nSPS) is 12.1. The van der Waals surface area contributed by atoms with Crippen molar-refractivity contribution in [2.24, 2.45) is 0 Å². The van der Waals surface area contributed by atoms with Crippen LogP contribution in [0.5, 0.6) is 5.75 Å². The van der Waals surface area contributed by atoms with Crippen LogP contribution in [0.25, 0.3) is 0 Å². The van der Waals surface area contributed by atoms with Crippen LogP contribution in [-0.4, -0.2) is 11.1 Å². The van der Waals surface area contributed by atoms with Crippen LogP contribution in [0.4, 0.5) is 0 Å². The molecule has 1 heterocycles. The molecular weight excluding hydrogens is 376 g/mol. The van der Waals surface area contributed by atoms with Crippen LogP contribution < -0.4 is 10.1 Å². The number of ether oxygens (including phenoxy) is 1. The molecule has 5 nitrogen and oxygen atoms in total. The number of nitrogens with one attached hydrogen (secondary N) is 1. The lowest BCUT2D eigenvalue weighted by Crippen LogP contribution is -2.28. The molecule has 2 aromatic carbocycles. The Kier molecular flexibility index (Phi) is 6.60. The van der Waals surface area contributed by atoms with E-state index in [-0.39, 0.29) is 24.2 Å². The van der Waals surface area contributed by atoms with E-state index in [2.05, 4.69) is 55.5 Å². The molecule has 1 amide bonds. The van der Waals surface area contributed by atoms with Crippen molar-refractivity contribution >= 4 is 5.91 Å². The highest BCUT2D eigenvalue weighted by Crippen LogP contribution is 2.22. The summed E-state index contributed by atoms with van der Waals surface area (Å²) in [6.07, 6.45) is 0. The van der Waals surface area contributed by atoms with Gasteiger partial charge in [0.05, 0.1) is 11.6 Å². The Hall–Kier alpha value is -3.08. The Bertz CT molecular complexity index is 1020. The molecule has 0 bridgehead atoms. The second-order valence-corrected chi connectivity index (χ2v) is 8.12. The fourth-order valence-electron chi connectivity index (χ4n) is 3.22. The molecule has 0 aliphatic rings. The van der Waals surface area contributed by atoms with E-state index in [1.807, 2.05) is 32.0 Å². The summed E-state index contributed by atoms with van der Waals surface area (Å²) in [7, 11) is 0. The van der Waals surface area contributed by atoms with Gasteiger partial charge in [-0.1, -0.05) is 49.3 Å². The van der Waals surface area contributed by atoms with E-state index < -0.39 is 0 Å². The molecule has 1 N–H and O–H groups in total. The number of nitrogens with zero attached hydrogens (tertiary/aromatic N) is 1. The van der Waals surface area contributed by atoms with Gasteiger partial charge in [0.25, 0.3) is 5.91 Å². The van der Waals surface area contributed by atoms with Gasteiger partial charge in [-0.05, 0) is 68.0 Å². The fraction of sp³-hybridized carbons (Fsp3) is 0.360. The first-order chi connectivity index (χ1) is 14.3. The maximum atomic E-state index is 12.9. The van der Waals surface area contributed by atoms with E-state index in [4.69, 9.17) is 9.26 Å². The molecule has 30 heavy (non-hydrogen) atoms. The first-order valence-electron chi connectivity index (χ1n) is 10.3. The van der Waals surface area contributed by atoms with Crippen molar-refractivity contribution in [1.82, 2.24) is 10.5 Å². The van der Waals surface area contributed by atoms with Gasteiger partial charge in [-0.15, -0.1) is 0 Å². The number of carbonyl (C=O) groups is 1. The van der Waals surface area contributed by atoms with Gasteiger partial charge in [-0.3, -0.25) is 4.79 Å². The largest absolute Gasteiger partial charge is 0.489 e. The van der Waals surface area contributed by atoms with Gasteiger partial charge in [-0.25, -0.2) is 0 Å². The summed E-state index contributed by atoms with van der Waals surface area (Å²) >= 11 is 0. The van der Waals surface area contributed by atoms with Crippen molar-refractivity contribution in [2.45, 2.75) is 60.1 Å². The summed E-state index contributed by atoms with van der Waals surface area (Å²) in [4.78, 5) is 12.9. The van der Waals surface area contributed by atoms with Crippen LogP contribution in [0.1, 0.15) is 76.8 Å². The number of aryl methyl sites for hydroxylation is 3. The lowest BCUT2D eigenvalue weighted by Gasteiger charge is -2.15. The van der Waals surface area contributed by atoms with Gasteiger partial charge in [0, 0.05) is 0 Å². The molecule has 158 valence electrons. The molecule has 1 aromatic heterocycles. The molecule has 0 spiro atoms. The van der Waals surface area contributed by atoms with Crippen LogP contribution in [-0.2, 0) is 6.61 Å². The fourth-order valence-corrected chi connectivity index (χ4v) is 3.22. The molecule has 1 atom stereocenters. The Balaban J connectivity index is 1.69. The molecule has 0 aliphatic carbocycles. The lowest BCUT2D eigenvalue weighted by molar-refractivity contribution is 0.0928. The van der Waals surface area contributed by atoms with Crippen LogP contribution in [0, 0.1) is 20.8 Å². The average Bonchev–Trinajstić information content (AvgIpc) is 3.09. The lowest BCUT2D eigenvalue weighted by atomic mass is 9.99.